The van der Waals surface area contributed by atoms with E-state index in [9.17, 15) is 27.9 Å². The monoisotopic (exact) mass is 513 g/mol. The van der Waals surface area contributed by atoms with Crippen LogP contribution in [-0.2, 0) is 41.8 Å². The molecule has 4 rings (SSSR count). The van der Waals surface area contributed by atoms with Crippen LogP contribution in [0, 0.1) is 0 Å². The van der Waals surface area contributed by atoms with Gasteiger partial charge in [0, 0.05) is 23.6 Å². The molecule has 0 spiro atoms. The van der Waals surface area contributed by atoms with E-state index in [1.165, 1.54) is 0 Å². The van der Waals surface area contributed by atoms with Crippen molar-refractivity contribution in [1.29, 1.82) is 0 Å². The molecular formula is C18H16ClF3NO7PS. The first-order valence-electron chi connectivity index (χ1n) is 9.23. The first kappa shape index (κ1) is 23.6. The Balaban J connectivity index is 1.55. The highest BCUT2D eigenvalue weighted by Gasteiger charge is 2.63. The fourth-order valence-electron chi connectivity index (χ4n) is 3.40. The lowest BCUT2D eigenvalue weighted by molar-refractivity contribution is -0.200. The molecule has 1 fully saturated rings. The Bertz CT molecular complexity index is 1030. The SMILES string of the molecule is O=C1CC(=O)N([C@@H]2O[C@@](COP3(=S)OCc4ccccc4O3)(C(F)F)[C@@H](O)[C@@H]2F)C=C1Cl. The lowest BCUT2D eigenvalue weighted by Gasteiger charge is -2.35. The lowest BCUT2D eigenvalue weighted by Crippen LogP contribution is -2.52. The molecule has 0 aromatic heterocycles. The molecule has 0 saturated carbocycles. The quantitative estimate of drug-likeness (QED) is 0.474. The van der Waals surface area contributed by atoms with Crippen molar-refractivity contribution in [3.8, 4) is 5.75 Å². The molecule has 1 N–H and O–H groups in total. The molecule has 3 heterocycles. The molecule has 0 radical (unpaired) electrons. The number of benzene rings is 1. The molecule has 32 heavy (non-hydrogen) atoms. The number of para-hydroxylation sites is 1. The minimum atomic E-state index is -3.58. The second-order valence-corrected chi connectivity index (χ2v) is 10.6. The van der Waals surface area contributed by atoms with Gasteiger partial charge >= 0.3 is 6.72 Å². The first-order chi connectivity index (χ1) is 15.1. The average molecular weight is 514 g/mol. The molecule has 14 heteroatoms. The van der Waals surface area contributed by atoms with Crippen LogP contribution in [0.15, 0.2) is 35.5 Å². The van der Waals surface area contributed by atoms with E-state index in [1.54, 1.807) is 24.3 Å². The van der Waals surface area contributed by atoms with Gasteiger partial charge in [-0.15, -0.1) is 0 Å². The highest BCUT2D eigenvalue weighted by molar-refractivity contribution is 8.07. The maximum absolute atomic E-state index is 14.9. The fraction of sp³-hybridized carbons (Fsp3) is 0.444. The molecule has 1 aromatic carbocycles. The summed E-state index contributed by atoms with van der Waals surface area (Å²) in [6.07, 6.45) is -10.2. The Hall–Kier alpha value is -1.53. The minimum Gasteiger partial charge on any atom is -0.424 e. The average Bonchev–Trinajstić information content (AvgIpc) is 3.01. The summed E-state index contributed by atoms with van der Waals surface area (Å²) in [5.41, 5.74) is -2.22. The first-order valence-corrected chi connectivity index (χ1v) is 12.2. The highest BCUT2D eigenvalue weighted by atomic mass is 35.5. The fourth-order valence-corrected chi connectivity index (χ4v) is 5.39. The van der Waals surface area contributed by atoms with Gasteiger partial charge in [-0.3, -0.25) is 23.5 Å². The maximum Gasteiger partial charge on any atom is 0.381 e. The number of aliphatic hydroxyl groups excluding tert-OH is 1. The summed E-state index contributed by atoms with van der Waals surface area (Å²) < 4.78 is 64.5. The summed E-state index contributed by atoms with van der Waals surface area (Å²) in [5, 5.41) is 9.93. The molecule has 1 amide bonds. The molecule has 1 aromatic rings. The number of rotatable bonds is 5. The summed E-state index contributed by atoms with van der Waals surface area (Å²) >= 11 is 10.9. The number of nitrogens with zero attached hydrogens (tertiary/aromatic N) is 1. The number of amides is 1. The molecule has 1 unspecified atom stereocenters. The van der Waals surface area contributed by atoms with Gasteiger partial charge in [0.1, 0.15) is 16.9 Å². The van der Waals surface area contributed by atoms with Crippen LogP contribution < -0.4 is 4.52 Å². The molecule has 0 aliphatic carbocycles. The van der Waals surface area contributed by atoms with Crippen LogP contribution in [0.25, 0.3) is 0 Å². The van der Waals surface area contributed by atoms with Crippen molar-refractivity contribution in [2.24, 2.45) is 0 Å². The number of ketones is 1. The van der Waals surface area contributed by atoms with E-state index < -0.39 is 67.0 Å². The van der Waals surface area contributed by atoms with E-state index in [0.717, 1.165) is 6.20 Å². The van der Waals surface area contributed by atoms with Crippen LogP contribution in [0.1, 0.15) is 12.0 Å². The smallest absolute Gasteiger partial charge is 0.381 e. The van der Waals surface area contributed by atoms with Gasteiger partial charge in [0.2, 0.25) is 5.91 Å². The second-order valence-electron chi connectivity index (χ2n) is 7.22. The Kier molecular flexibility index (Phi) is 6.40. The number of hydrogen-bond acceptors (Lipinski definition) is 8. The minimum absolute atomic E-state index is 0.00645. The number of halogens is 4. The van der Waals surface area contributed by atoms with Crippen molar-refractivity contribution in [3.63, 3.8) is 0 Å². The zero-order chi connectivity index (χ0) is 23.3. The standard InChI is InChI=1S/C18H16ClF3NO7PS/c19-10-6-23(13(25)5-11(10)24)16-14(20)15(26)18(29-16,17(21)22)8-28-31(32)27-7-9-3-1-2-4-12(9)30-31/h1-4,6,14-17,26H,5,7-8H2/t14-,15-,16+,18+,31?/m0/s1. The van der Waals surface area contributed by atoms with Gasteiger partial charge < -0.3 is 14.4 Å². The van der Waals surface area contributed by atoms with Gasteiger partial charge in [0.15, 0.2) is 23.8 Å². The van der Waals surface area contributed by atoms with Gasteiger partial charge in [-0.2, -0.15) is 0 Å². The van der Waals surface area contributed by atoms with Crippen molar-refractivity contribution in [2.45, 2.75) is 43.6 Å². The Morgan fingerprint density at radius 1 is 1.38 bits per heavy atom. The van der Waals surface area contributed by atoms with Crippen molar-refractivity contribution in [3.05, 3.63) is 41.1 Å². The van der Waals surface area contributed by atoms with Gasteiger partial charge in [-0.25, -0.2) is 13.2 Å². The third-order valence-electron chi connectivity index (χ3n) is 5.19. The van der Waals surface area contributed by atoms with Gasteiger partial charge in [0.05, 0.1) is 19.6 Å². The van der Waals surface area contributed by atoms with Gasteiger partial charge in [-0.1, -0.05) is 29.8 Å². The second kappa shape index (κ2) is 8.68. The van der Waals surface area contributed by atoms with E-state index in [2.05, 4.69) is 0 Å². The topological polar surface area (TPSA) is 94.5 Å². The van der Waals surface area contributed by atoms with Gasteiger partial charge in [0.25, 0.3) is 6.43 Å². The van der Waals surface area contributed by atoms with Crippen LogP contribution in [0.4, 0.5) is 13.2 Å². The van der Waals surface area contributed by atoms with Gasteiger partial charge in [-0.05, 0) is 6.07 Å². The van der Waals surface area contributed by atoms with E-state index >= 15 is 0 Å². The number of aliphatic hydroxyl groups is 1. The van der Waals surface area contributed by atoms with E-state index in [4.69, 9.17) is 41.7 Å². The molecule has 0 bridgehead atoms. The van der Waals surface area contributed by atoms with E-state index in [-0.39, 0.29) is 6.61 Å². The number of fused-ring (bicyclic) bond motifs is 1. The summed E-state index contributed by atoms with van der Waals surface area (Å²) in [6.45, 7) is -4.66. The van der Waals surface area contributed by atoms with Crippen LogP contribution in [0.2, 0.25) is 0 Å². The van der Waals surface area contributed by atoms with Crippen molar-refractivity contribution in [1.82, 2.24) is 4.90 Å². The van der Waals surface area contributed by atoms with Crippen LogP contribution in [-0.4, -0.2) is 58.8 Å². The lowest BCUT2D eigenvalue weighted by atomic mass is 9.97. The Labute approximate surface area is 190 Å². The molecule has 1 saturated heterocycles. The number of Topliss-reactive ketones (excluding diaryl/α,β-unsaturated/α-hetero) is 1. The van der Waals surface area contributed by atoms with Crippen molar-refractivity contribution < 1.29 is 46.2 Å². The number of allylic oxidation sites excluding steroid dienone is 1. The molecule has 174 valence electrons. The Morgan fingerprint density at radius 2 is 2.09 bits per heavy atom. The maximum atomic E-state index is 14.9. The zero-order valence-corrected chi connectivity index (χ0v) is 18.5. The van der Waals surface area contributed by atoms with Crippen LogP contribution >= 0.6 is 18.3 Å². The molecule has 5 atom stereocenters. The van der Waals surface area contributed by atoms with Crippen molar-refractivity contribution >= 4 is 41.8 Å². The summed E-state index contributed by atoms with van der Waals surface area (Å²) in [7, 11) is 0. The van der Waals surface area contributed by atoms with Crippen LogP contribution in [0.3, 0.4) is 0 Å². The summed E-state index contributed by atoms with van der Waals surface area (Å²) in [6, 6.07) is 6.73. The van der Waals surface area contributed by atoms with E-state index in [1.807, 2.05) is 0 Å². The summed E-state index contributed by atoms with van der Waals surface area (Å²) in [4.78, 5) is 24.3. The molecule has 3 aliphatic heterocycles. The number of hydrogen-bond donors (Lipinski definition) is 1. The van der Waals surface area contributed by atoms with Crippen molar-refractivity contribution in [2.75, 3.05) is 6.61 Å². The predicted octanol–water partition coefficient (Wildman–Crippen LogP) is 2.78. The molecule has 8 nitrogen and oxygen atoms in total. The molecule has 3 aliphatic rings. The third kappa shape index (κ3) is 4.09. The third-order valence-corrected chi connectivity index (χ3v) is 7.66. The highest BCUT2D eigenvalue weighted by Crippen LogP contribution is 2.56. The summed E-state index contributed by atoms with van der Waals surface area (Å²) in [5.74, 6) is -1.28. The largest absolute Gasteiger partial charge is 0.424 e. The number of ether oxygens (including phenoxy) is 1. The number of carbonyl (C=O) groups excluding carboxylic acids is 2. The zero-order valence-electron chi connectivity index (χ0n) is 16.0. The predicted molar refractivity (Wildman–Crippen MR) is 107 cm³/mol. The Morgan fingerprint density at radius 3 is 2.81 bits per heavy atom. The number of alkyl halides is 3. The van der Waals surface area contributed by atoms with Crippen LogP contribution in [0.5, 0.6) is 5.75 Å². The number of carbonyl (C=O) groups is 2. The normalized spacial score (nSPS) is 35.0. The molecular weight excluding hydrogens is 498 g/mol. The van der Waals surface area contributed by atoms with E-state index in [0.29, 0.717) is 16.2 Å².